The summed E-state index contributed by atoms with van der Waals surface area (Å²) in [5.74, 6) is 0.714. The summed E-state index contributed by atoms with van der Waals surface area (Å²) >= 11 is 5.69. The van der Waals surface area contributed by atoms with Crippen LogP contribution in [0, 0.1) is 0 Å². The average Bonchev–Trinajstić information content (AvgIpc) is 2.29. The van der Waals surface area contributed by atoms with Crippen molar-refractivity contribution in [2.75, 3.05) is 26.0 Å². The number of hydrogen-bond acceptors (Lipinski definition) is 1. The van der Waals surface area contributed by atoms with Gasteiger partial charge in [-0.15, -0.1) is 11.6 Å². The molecule has 0 aromatic heterocycles. The molecule has 0 unspecified atom stereocenters. The molecule has 90 valence electrons. The molecule has 0 radical (unpaired) electrons. The number of likely N-dealkylation sites (N-methyl/N-ethyl adjacent to an activating group) is 1. The molecule has 0 heterocycles. The van der Waals surface area contributed by atoms with Gasteiger partial charge in [0.15, 0.2) is 0 Å². The van der Waals surface area contributed by atoms with Crippen LogP contribution in [0.25, 0.3) is 0 Å². The van der Waals surface area contributed by atoms with Gasteiger partial charge in [-0.1, -0.05) is 37.6 Å². The molecule has 16 heavy (non-hydrogen) atoms. The van der Waals surface area contributed by atoms with E-state index in [1.54, 1.807) is 0 Å². The van der Waals surface area contributed by atoms with Crippen LogP contribution >= 0.6 is 11.6 Å². The van der Waals surface area contributed by atoms with Crippen LogP contribution in [0.1, 0.15) is 24.5 Å². The maximum absolute atomic E-state index is 5.69. The van der Waals surface area contributed by atoms with Crippen molar-refractivity contribution in [3.63, 3.8) is 0 Å². The Morgan fingerprint density at radius 2 is 1.56 bits per heavy atom. The molecular weight excluding hydrogens is 218 g/mol. The van der Waals surface area contributed by atoms with Crippen LogP contribution < -0.4 is 0 Å². The van der Waals surface area contributed by atoms with E-state index in [4.69, 9.17) is 11.6 Å². The van der Waals surface area contributed by atoms with Crippen LogP contribution in [0.2, 0.25) is 0 Å². The van der Waals surface area contributed by atoms with Crippen molar-refractivity contribution in [1.82, 2.24) is 4.90 Å². The quantitative estimate of drug-likeness (QED) is 0.660. The average molecular weight is 240 g/mol. The van der Waals surface area contributed by atoms with Gasteiger partial charge in [0.25, 0.3) is 0 Å². The zero-order valence-electron chi connectivity index (χ0n) is 10.4. The Hall–Kier alpha value is -0.530. The Morgan fingerprint density at radius 1 is 1.00 bits per heavy atom. The van der Waals surface area contributed by atoms with Crippen LogP contribution in [-0.2, 0) is 12.8 Å². The van der Waals surface area contributed by atoms with Gasteiger partial charge in [0, 0.05) is 19.0 Å². The van der Waals surface area contributed by atoms with Crippen LogP contribution in [-0.4, -0.2) is 30.9 Å². The monoisotopic (exact) mass is 239 g/mol. The van der Waals surface area contributed by atoms with E-state index in [1.165, 1.54) is 24.0 Å². The van der Waals surface area contributed by atoms with Crippen molar-refractivity contribution in [2.45, 2.75) is 26.2 Å². The predicted octanol–water partition coefficient (Wildman–Crippen LogP) is 3.35. The first-order chi connectivity index (χ1) is 7.76. The Morgan fingerprint density at radius 3 is 2.06 bits per heavy atom. The van der Waals surface area contributed by atoms with E-state index >= 15 is 0 Å². The fourth-order valence-corrected chi connectivity index (χ4v) is 2.03. The topological polar surface area (TPSA) is 3.24 Å². The van der Waals surface area contributed by atoms with Crippen molar-refractivity contribution in [3.8, 4) is 0 Å². The Balaban J connectivity index is 2.37. The van der Waals surface area contributed by atoms with Crippen LogP contribution in [0.15, 0.2) is 24.3 Å². The second kappa shape index (κ2) is 7.70. The molecule has 0 atom stereocenters. The normalized spacial score (nSPS) is 11.0. The second-order valence-corrected chi connectivity index (χ2v) is 4.69. The molecule has 0 aliphatic carbocycles. The summed E-state index contributed by atoms with van der Waals surface area (Å²) in [6.07, 6.45) is 3.52. The number of halogens is 1. The third kappa shape index (κ3) is 5.00. The highest BCUT2D eigenvalue weighted by molar-refractivity contribution is 6.18. The minimum absolute atomic E-state index is 0.714. The number of rotatable bonds is 7. The molecule has 0 N–H and O–H groups in total. The summed E-state index contributed by atoms with van der Waals surface area (Å²) in [6.45, 7) is 4.27. The fraction of sp³-hybridized carbons (Fsp3) is 0.571. The van der Waals surface area contributed by atoms with E-state index in [-0.39, 0.29) is 0 Å². The first-order valence-electron chi connectivity index (χ1n) is 6.08. The van der Waals surface area contributed by atoms with Gasteiger partial charge in [-0.05, 0) is 31.0 Å². The molecular formula is C14H22ClN. The van der Waals surface area contributed by atoms with Gasteiger partial charge < -0.3 is 4.90 Å². The van der Waals surface area contributed by atoms with Crippen LogP contribution in [0.4, 0.5) is 0 Å². The van der Waals surface area contributed by atoms with Crippen molar-refractivity contribution in [2.24, 2.45) is 0 Å². The lowest BCUT2D eigenvalue weighted by atomic mass is 10.1. The Kier molecular flexibility index (Phi) is 6.51. The number of nitrogens with zero attached hydrogens (tertiary/aromatic N) is 1. The molecule has 0 aliphatic rings. The van der Waals surface area contributed by atoms with Crippen molar-refractivity contribution < 1.29 is 0 Å². The first-order valence-corrected chi connectivity index (χ1v) is 6.62. The third-order valence-electron chi connectivity index (χ3n) is 2.81. The molecule has 1 nitrogen and oxygen atoms in total. The van der Waals surface area contributed by atoms with Gasteiger partial charge in [-0.25, -0.2) is 0 Å². The largest absolute Gasteiger partial charge is 0.305 e. The van der Waals surface area contributed by atoms with Crippen LogP contribution in [0.5, 0.6) is 0 Å². The molecule has 0 spiro atoms. The fourth-order valence-electron chi connectivity index (χ4n) is 1.74. The lowest BCUT2D eigenvalue weighted by Gasteiger charge is -2.14. The lowest BCUT2D eigenvalue weighted by molar-refractivity contribution is 0.359. The molecule has 2 heteroatoms. The minimum atomic E-state index is 0.714. The van der Waals surface area contributed by atoms with Gasteiger partial charge in [-0.3, -0.25) is 0 Å². The molecule has 0 aliphatic heterocycles. The Bertz CT molecular complexity index is 281. The van der Waals surface area contributed by atoms with E-state index in [0.29, 0.717) is 5.88 Å². The maximum atomic E-state index is 5.69. The predicted molar refractivity (Wildman–Crippen MR) is 72.4 cm³/mol. The van der Waals surface area contributed by atoms with Crippen LogP contribution in [0.3, 0.4) is 0 Å². The molecule has 0 bridgehead atoms. The summed E-state index contributed by atoms with van der Waals surface area (Å²) in [4.78, 5) is 2.27. The summed E-state index contributed by atoms with van der Waals surface area (Å²) in [5, 5.41) is 0. The molecule has 1 aromatic carbocycles. The van der Waals surface area contributed by atoms with Crippen molar-refractivity contribution >= 4 is 11.6 Å². The van der Waals surface area contributed by atoms with E-state index < -0.39 is 0 Å². The number of aryl methyl sites for hydroxylation is 1. The number of benzene rings is 1. The summed E-state index contributed by atoms with van der Waals surface area (Å²) < 4.78 is 0. The molecule has 1 aromatic rings. The molecule has 0 saturated heterocycles. The Labute approximate surface area is 104 Å². The number of hydrogen-bond donors (Lipinski definition) is 0. The van der Waals surface area contributed by atoms with Gasteiger partial charge in [0.05, 0.1) is 0 Å². The van der Waals surface area contributed by atoms with E-state index in [1.807, 2.05) is 0 Å². The summed E-state index contributed by atoms with van der Waals surface area (Å²) in [5.41, 5.74) is 2.86. The lowest BCUT2D eigenvalue weighted by Crippen LogP contribution is -2.23. The first kappa shape index (κ1) is 13.5. The van der Waals surface area contributed by atoms with E-state index in [0.717, 1.165) is 19.5 Å². The van der Waals surface area contributed by atoms with Gasteiger partial charge in [0.2, 0.25) is 0 Å². The van der Waals surface area contributed by atoms with Gasteiger partial charge in [-0.2, -0.15) is 0 Å². The van der Waals surface area contributed by atoms with Crippen molar-refractivity contribution in [3.05, 3.63) is 35.4 Å². The third-order valence-corrected chi connectivity index (χ3v) is 2.98. The molecule has 0 saturated carbocycles. The van der Waals surface area contributed by atoms with Gasteiger partial charge in [0.1, 0.15) is 0 Å². The van der Waals surface area contributed by atoms with E-state index in [2.05, 4.69) is 43.1 Å². The zero-order chi connectivity index (χ0) is 11.8. The highest BCUT2D eigenvalue weighted by atomic mass is 35.5. The second-order valence-electron chi connectivity index (χ2n) is 4.31. The van der Waals surface area contributed by atoms with Gasteiger partial charge >= 0.3 is 0 Å². The smallest absolute Gasteiger partial charge is 0.0351 e. The van der Waals surface area contributed by atoms with Crippen molar-refractivity contribution in [1.29, 1.82) is 0 Å². The number of alkyl halides is 1. The zero-order valence-corrected chi connectivity index (χ0v) is 11.1. The molecule has 0 amide bonds. The summed E-state index contributed by atoms with van der Waals surface area (Å²) in [6, 6.07) is 9.00. The minimum Gasteiger partial charge on any atom is -0.305 e. The summed E-state index contributed by atoms with van der Waals surface area (Å²) in [7, 11) is 2.12. The SMILES string of the molecule is CCCc1ccc(CCN(C)CCCl)cc1. The molecule has 0 fully saturated rings. The highest BCUT2D eigenvalue weighted by Crippen LogP contribution is 2.07. The molecule has 1 rings (SSSR count). The standard InChI is InChI=1S/C14H22ClN/c1-3-4-13-5-7-14(8-6-13)9-11-16(2)12-10-15/h5-8H,3-4,9-12H2,1-2H3. The highest BCUT2D eigenvalue weighted by Gasteiger charge is 1.99. The maximum Gasteiger partial charge on any atom is 0.0351 e. The van der Waals surface area contributed by atoms with E-state index in [9.17, 15) is 0 Å².